The molecule has 0 aliphatic rings. The lowest BCUT2D eigenvalue weighted by Gasteiger charge is -2.05. The number of nitrogens with zero attached hydrogens (tertiary/aromatic N) is 3. The third kappa shape index (κ3) is 3.59. The highest BCUT2D eigenvalue weighted by Gasteiger charge is 2.05. The third-order valence-corrected chi connectivity index (χ3v) is 3.99. The maximum atomic E-state index is 11.8. The van der Waals surface area contributed by atoms with Gasteiger partial charge in [0.05, 0.1) is 18.3 Å². The summed E-state index contributed by atoms with van der Waals surface area (Å²) in [6.45, 7) is 0.489. The topological polar surface area (TPSA) is 59.8 Å². The van der Waals surface area contributed by atoms with Crippen molar-refractivity contribution in [2.24, 2.45) is 7.05 Å². The van der Waals surface area contributed by atoms with Gasteiger partial charge in [-0.2, -0.15) is 16.4 Å². The molecule has 112 valence electrons. The molecular formula is C16H16N4OS. The Kier molecular flexibility index (Phi) is 4.29. The van der Waals surface area contributed by atoms with Crippen LogP contribution in [-0.2, 0) is 24.8 Å². The molecule has 1 N–H and O–H groups in total. The van der Waals surface area contributed by atoms with Gasteiger partial charge in [-0.15, -0.1) is 0 Å². The minimum Gasteiger partial charge on any atom is -0.352 e. The smallest absolute Gasteiger partial charge is 0.224 e. The molecule has 3 heterocycles. The lowest BCUT2D eigenvalue weighted by molar-refractivity contribution is -0.120. The van der Waals surface area contributed by atoms with Crippen molar-refractivity contribution in [2.45, 2.75) is 13.0 Å². The molecule has 0 aromatic carbocycles. The number of amides is 1. The fraction of sp³-hybridized carbons (Fsp3) is 0.188. The average molecular weight is 312 g/mol. The van der Waals surface area contributed by atoms with E-state index in [2.05, 4.69) is 15.4 Å². The maximum absolute atomic E-state index is 11.8. The van der Waals surface area contributed by atoms with Gasteiger partial charge < -0.3 is 5.32 Å². The highest BCUT2D eigenvalue weighted by atomic mass is 32.1. The molecule has 0 spiro atoms. The molecule has 3 aromatic heterocycles. The van der Waals surface area contributed by atoms with Crippen molar-refractivity contribution in [3.05, 3.63) is 58.7 Å². The zero-order valence-electron chi connectivity index (χ0n) is 12.2. The molecule has 3 rings (SSSR count). The van der Waals surface area contributed by atoms with Gasteiger partial charge in [0.2, 0.25) is 5.91 Å². The van der Waals surface area contributed by atoms with E-state index < -0.39 is 0 Å². The Morgan fingerprint density at radius 1 is 1.27 bits per heavy atom. The van der Waals surface area contributed by atoms with Crippen LogP contribution in [0.1, 0.15) is 11.1 Å². The van der Waals surface area contributed by atoms with Gasteiger partial charge in [-0.1, -0.05) is 6.07 Å². The first-order valence-electron chi connectivity index (χ1n) is 6.92. The van der Waals surface area contributed by atoms with Gasteiger partial charge in [-0.3, -0.25) is 14.5 Å². The zero-order chi connectivity index (χ0) is 15.4. The van der Waals surface area contributed by atoms with Crippen molar-refractivity contribution in [3.8, 4) is 11.3 Å². The molecule has 5 nitrogen and oxygen atoms in total. The summed E-state index contributed by atoms with van der Waals surface area (Å²) in [7, 11) is 1.88. The summed E-state index contributed by atoms with van der Waals surface area (Å²) in [6, 6.07) is 5.88. The van der Waals surface area contributed by atoms with E-state index in [-0.39, 0.29) is 5.91 Å². The van der Waals surface area contributed by atoms with Crippen molar-refractivity contribution in [1.82, 2.24) is 20.1 Å². The number of thiophene rings is 1. The van der Waals surface area contributed by atoms with Crippen molar-refractivity contribution in [3.63, 3.8) is 0 Å². The number of hydrogen-bond donors (Lipinski definition) is 1. The number of aromatic nitrogens is 3. The molecule has 22 heavy (non-hydrogen) atoms. The Hall–Kier alpha value is -2.47. The maximum Gasteiger partial charge on any atom is 0.224 e. The van der Waals surface area contributed by atoms with Crippen molar-refractivity contribution < 1.29 is 4.79 Å². The molecule has 0 radical (unpaired) electrons. The Morgan fingerprint density at radius 2 is 2.18 bits per heavy atom. The summed E-state index contributed by atoms with van der Waals surface area (Å²) in [5.41, 5.74) is 3.89. The second-order valence-corrected chi connectivity index (χ2v) is 5.82. The van der Waals surface area contributed by atoms with Crippen LogP contribution in [0.4, 0.5) is 0 Å². The lowest BCUT2D eigenvalue weighted by atomic mass is 10.2. The molecule has 0 aliphatic carbocycles. The summed E-state index contributed by atoms with van der Waals surface area (Å²) in [4.78, 5) is 16.2. The van der Waals surface area contributed by atoms with Crippen molar-refractivity contribution in [1.29, 1.82) is 0 Å². The van der Waals surface area contributed by atoms with E-state index >= 15 is 0 Å². The molecule has 0 atom stereocenters. The van der Waals surface area contributed by atoms with Crippen molar-refractivity contribution in [2.75, 3.05) is 0 Å². The van der Waals surface area contributed by atoms with Crippen LogP contribution in [0, 0.1) is 0 Å². The van der Waals surface area contributed by atoms with Gasteiger partial charge in [0.15, 0.2) is 0 Å². The highest BCUT2D eigenvalue weighted by Crippen LogP contribution is 2.15. The van der Waals surface area contributed by atoms with Gasteiger partial charge in [-0.05, 0) is 34.0 Å². The van der Waals surface area contributed by atoms with Crippen LogP contribution in [0.3, 0.4) is 0 Å². The number of hydrogen-bond acceptors (Lipinski definition) is 4. The number of pyridine rings is 1. The molecule has 0 unspecified atom stereocenters. The molecule has 1 amide bonds. The van der Waals surface area contributed by atoms with Crippen LogP contribution in [0.25, 0.3) is 11.3 Å². The Morgan fingerprint density at radius 3 is 2.82 bits per heavy atom. The monoisotopic (exact) mass is 312 g/mol. The van der Waals surface area contributed by atoms with Gasteiger partial charge in [0.25, 0.3) is 0 Å². The predicted octanol–water partition coefficient (Wildman–Crippen LogP) is 2.40. The van der Waals surface area contributed by atoms with E-state index in [1.54, 1.807) is 28.4 Å². The van der Waals surface area contributed by atoms with Gasteiger partial charge >= 0.3 is 0 Å². The highest BCUT2D eigenvalue weighted by molar-refractivity contribution is 7.07. The van der Waals surface area contributed by atoms with E-state index in [9.17, 15) is 4.79 Å². The van der Waals surface area contributed by atoms with Crippen molar-refractivity contribution >= 4 is 17.2 Å². The normalized spacial score (nSPS) is 10.6. The standard InChI is InChI=1S/C16H16N4OS/c1-20-10-14(9-19-20)15-3-2-13(7-17-15)8-18-16(21)6-12-4-5-22-11-12/h2-5,7,9-11H,6,8H2,1H3,(H,18,21). The third-order valence-electron chi connectivity index (χ3n) is 3.26. The fourth-order valence-electron chi connectivity index (χ4n) is 2.10. The van der Waals surface area contributed by atoms with Gasteiger partial charge in [0.1, 0.15) is 0 Å². The summed E-state index contributed by atoms with van der Waals surface area (Å²) in [5.74, 6) is 0.0229. The van der Waals surface area contributed by atoms with Crippen LogP contribution in [-0.4, -0.2) is 20.7 Å². The van der Waals surface area contributed by atoms with Crippen LogP contribution in [0.2, 0.25) is 0 Å². The first-order valence-corrected chi connectivity index (χ1v) is 7.87. The molecule has 0 saturated heterocycles. The fourth-order valence-corrected chi connectivity index (χ4v) is 2.76. The first kappa shape index (κ1) is 14.5. The van der Waals surface area contributed by atoms with E-state index in [1.807, 2.05) is 42.2 Å². The second-order valence-electron chi connectivity index (χ2n) is 5.04. The molecule has 0 saturated carbocycles. The minimum atomic E-state index is 0.0229. The predicted molar refractivity (Wildman–Crippen MR) is 86.3 cm³/mol. The van der Waals surface area contributed by atoms with E-state index in [1.165, 1.54) is 0 Å². The molecule has 0 fully saturated rings. The Balaban J connectivity index is 1.56. The van der Waals surface area contributed by atoms with Crippen LogP contribution in [0.15, 0.2) is 47.5 Å². The van der Waals surface area contributed by atoms with Crippen LogP contribution >= 0.6 is 11.3 Å². The number of carbonyl (C=O) groups excluding carboxylic acids is 1. The molecule has 6 heteroatoms. The lowest BCUT2D eigenvalue weighted by Crippen LogP contribution is -2.24. The van der Waals surface area contributed by atoms with E-state index in [0.717, 1.165) is 22.4 Å². The number of rotatable bonds is 5. The summed E-state index contributed by atoms with van der Waals surface area (Å²) in [5, 5.41) is 11.0. The Labute approximate surface area is 132 Å². The molecule has 3 aromatic rings. The summed E-state index contributed by atoms with van der Waals surface area (Å²) >= 11 is 1.60. The SMILES string of the molecule is Cn1cc(-c2ccc(CNC(=O)Cc3ccsc3)cn2)cn1. The van der Waals surface area contributed by atoms with E-state index in [0.29, 0.717) is 13.0 Å². The molecule has 0 aliphatic heterocycles. The molecular weight excluding hydrogens is 296 g/mol. The van der Waals surface area contributed by atoms with E-state index in [4.69, 9.17) is 0 Å². The average Bonchev–Trinajstić information content (AvgIpc) is 3.17. The van der Waals surface area contributed by atoms with Gasteiger partial charge in [0, 0.05) is 31.5 Å². The molecule has 0 bridgehead atoms. The quantitative estimate of drug-likeness (QED) is 0.787. The van der Waals surface area contributed by atoms with Crippen LogP contribution in [0.5, 0.6) is 0 Å². The summed E-state index contributed by atoms with van der Waals surface area (Å²) < 4.78 is 1.75. The largest absolute Gasteiger partial charge is 0.352 e. The first-order chi connectivity index (χ1) is 10.7. The number of aryl methyl sites for hydroxylation is 1. The Bertz CT molecular complexity index is 747. The second kappa shape index (κ2) is 6.53. The minimum absolute atomic E-state index is 0.0229. The zero-order valence-corrected chi connectivity index (χ0v) is 13.0. The van der Waals surface area contributed by atoms with Gasteiger partial charge in [-0.25, -0.2) is 0 Å². The summed E-state index contributed by atoms with van der Waals surface area (Å²) in [6.07, 6.45) is 5.91. The number of carbonyl (C=O) groups is 1. The number of nitrogens with one attached hydrogen (secondary N) is 1. The van der Waals surface area contributed by atoms with Crippen LogP contribution < -0.4 is 5.32 Å².